The van der Waals surface area contributed by atoms with Crippen LogP contribution in [-0.2, 0) is 20.7 Å². The second-order valence-corrected chi connectivity index (χ2v) is 7.06. The van der Waals surface area contributed by atoms with Crippen molar-refractivity contribution in [3.05, 3.63) is 58.6 Å². The first-order valence-corrected chi connectivity index (χ1v) is 9.79. The number of rotatable bonds is 7. The molecule has 0 spiro atoms. The molecule has 0 unspecified atom stereocenters. The lowest BCUT2D eigenvalue weighted by molar-refractivity contribution is -0.135. The minimum atomic E-state index is -0.460. The van der Waals surface area contributed by atoms with Crippen LogP contribution in [0.4, 0.5) is 0 Å². The Kier molecular flexibility index (Phi) is 6.69. The van der Waals surface area contributed by atoms with E-state index in [0.717, 1.165) is 28.3 Å². The highest BCUT2D eigenvalue weighted by Gasteiger charge is 2.15. The van der Waals surface area contributed by atoms with Crippen molar-refractivity contribution in [3.8, 4) is 11.5 Å². The number of methoxy groups -OCH3 is 2. The topological polar surface area (TPSA) is 92.0 Å². The monoisotopic (exact) mass is 423 g/mol. The number of carbonyl (C=O) groups is 2. The molecule has 162 valence electrons. The number of carbonyl (C=O) groups excluding carboxylic acids is 2. The fourth-order valence-corrected chi connectivity index (χ4v) is 3.31. The van der Waals surface area contributed by atoms with Gasteiger partial charge in [0.25, 0.3) is 0 Å². The summed E-state index contributed by atoms with van der Waals surface area (Å²) in [5.41, 5.74) is 5.21. The van der Waals surface area contributed by atoms with Crippen LogP contribution in [0.15, 0.2) is 30.3 Å². The van der Waals surface area contributed by atoms with Crippen LogP contribution >= 0.6 is 0 Å². The second kappa shape index (κ2) is 9.42. The van der Waals surface area contributed by atoms with Crippen LogP contribution < -0.4 is 9.47 Å². The van der Waals surface area contributed by atoms with Gasteiger partial charge in [0, 0.05) is 23.5 Å². The molecule has 8 heteroatoms. The molecule has 0 radical (unpaired) electrons. The highest BCUT2D eigenvalue weighted by atomic mass is 16.6. The van der Waals surface area contributed by atoms with Gasteiger partial charge < -0.3 is 14.2 Å². The number of hydrogen-bond acceptors (Lipinski definition) is 7. The molecule has 0 fully saturated rings. The van der Waals surface area contributed by atoms with E-state index in [1.54, 1.807) is 28.8 Å². The molecule has 3 rings (SSSR count). The first kappa shape index (κ1) is 22.0. The summed E-state index contributed by atoms with van der Waals surface area (Å²) in [6, 6.07) is 6.95. The lowest BCUT2D eigenvalue weighted by Gasteiger charge is -2.12. The average Bonchev–Trinajstić information content (AvgIpc) is 3.12. The van der Waals surface area contributed by atoms with Gasteiger partial charge in [-0.2, -0.15) is 5.10 Å². The molecule has 0 saturated carbocycles. The van der Waals surface area contributed by atoms with Crippen LogP contribution in [0.5, 0.6) is 11.5 Å². The summed E-state index contributed by atoms with van der Waals surface area (Å²) in [6.07, 6.45) is 3.56. The van der Waals surface area contributed by atoms with Crippen molar-refractivity contribution in [1.82, 2.24) is 14.6 Å². The zero-order chi connectivity index (χ0) is 22.5. The van der Waals surface area contributed by atoms with Gasteiger partial charge in [-0.3, -0.25) is 4.79 Å². The van der Waals surface area contributed by atoms with Crippen LogP contribution in [-0.4, -0.2) is 40.8 Å². The van der Waals surface area contributed by atoms with Gasteiger partial charge in [0.05, 0.1) is 26.3 Å². The molecule has 2 heterocycles. The summed E-state index contributed by atoms with van der Waals surface area (Å²) >= 11 is 0. The molecule has 0 atom stereocenters. The number of fused-ring (bicyclic) bond motifs is 1. The van der Waals surface area contributed by atoms with Crippen molar-refractivity contribution in [2.75, 3.05) is 14.2 Å². The van der Waals surface area contributed by atoms with E-state index in [2.05, 4.69) is 14.8 Å². The molecule has 0 bridgehead atoms. The molecule has 8 nitrogen and oxygen atoms in total. The molecule has 3 aromatic rings. The van der Waals surface area contributed by atoms with Gasteiger partial charge in [-0.1, -0.05) is 6.07 Å². The number of aromatic nitrogens is 3. The van der Waals surface area contributed by atoms with Crippen molar-refractivity contribution >= 4 is 23.7 Å². The quantitative estimate of drug-likeness (QED) is 0.327. The molecule has 0 N–H and O–H groups in total. The third-order valence-corrected chi connectivity index (χ3v) is 4.89. The van der Waals surface area contributed by atoms with E-state index in [1.807, 2.05) is 26.8 Å². The van der Waals surface area contributed by atoms with Gasteiger partial charge in [0.15, 0.2) is 17.1 Å². The smallest absolute Gasteiger partial charge is 0.330 e. The Bertz CT molecular complexity index is 1160. The Morgan fingerprint density at radius 3 is 2.58 bits per heavy atom. The maximum atomic E-state index is 12.5. The average molecular weight is 423 g/mol. The van der Waals surface area contributed by atoms with Crippen molar-refractivity contribution in [2.24, 2.45) is 0 Å². The first-order chi connectivity index (χ1) is 14.8. The molecule has 2 aromatic heterocycles. The number of benzene rings is 1. The third-order valence-electron chi connectivity index (χ3n) is 4.89. The summed E-state index contributed by atoms with van der Waals surface area (Å²) in [5, 5.41) is 4.46. The van der Waals surface area contributed by atoms with Crippen molar-refractivity contribution < 1.29 is 23.8 Å². The van der Waals surface area contributed by atoms with Crippen molar-refractivity contribution in [2.45, 2.75) is 33.6 Å². The van der Waals surface area contributed by atoms with Crippen molar-refractivity contribution in [3.63, 3.8) is 0 Å². The standard InChI is InChI=1S/C23H25N3O5/c1-14-12-21-24-15(2)18(16(3)26(21)25-14)8-11-23(28)31-19-9-6-17(13-20(19)29-4)7-10-22(27)30-5/h6-7,9-10,12-13H,8,11H2,1-5H3/b10-7+. The third kappa shape index (κ3) is 5.09. The maximum absolute atomic E-state index is 12.5. The number of aryl methyl sites for hydroxylation is 3. The van der Waals surface area contributed by atoms with Crippen LogP contribution in [0.25, 0.3) is 11.7 Å². The van der Waals surface area contributed by atoms with Crippen LogP contribution in [0, 0.1) is 20.8 Å². The molecular weight excluding hydrogens is 398 g/mol. The summed E-state index contributed by atoms with van der Waals surface area (Å²) in [4.78, 5) is 28.3. The molecule has 0 saturated heterocycles. The SMILES string of the molecule is COC(=O)/C=C/c1ccc(OC(=O)CCc2c(C)nc3cc(C)nn3c2C)c(OC)c1. The predicted octanol–water partition coefficient (Wildman–Crippen LogP) is 3.39. The van der Waals surface area contributed by atoms with E-state index in [4.69, 9.17) is 9.47 Å². The molecule has 0 aliphatic rings. The zero-order valence-electron chi connectivity index (χ0n) is 18.3. The van der Waals surface area contributed by atoms with Gasteiger partial charge >= 0.3 is 11.9 Å². The maximum Gasteiger partial charge on any atom is 0.330 e. The lowest BCUT2D eigenvalue weighted by Crippen LogP contribution is -2.12. The second-order valence-electron chi connectivity index (χ2n) is 7.06. The van der Waals surface area contributed by atoms with E-state index in [9.17, 15) is 9.59 Å². The Labute approximate surface area is 180 Å². The van der Waals surface area contributed by atoms with Crippen LogP contribution in [0.1, 0.15) is 34.6 Å². The molecular formula is C23H25N3O5. The fraction of sp³-hybridized carbons (Fsp3) is 0.304. The van der Waals surface area contributed by atoms with E-state index in [0.29, 0.717) is 23.5 Å². The van der Waals surface area contributed by atoms with E-state index >= 15 is 0 Å². The first-order valence-electron chi connectivity index (χ1n) is 9.79. The summed E-state index contributed by atoms with van der Waals surface area (Å²) in [6.45, 7) is 5.82. The highest BCUT2D eigenvalue weighted by molar-refractivity contribution is 5.87. The normalized spacial score (nSPS) is 11.1. The Morgan fingerprint density at radius 1 is 1.10 bits per heavy atom. The Hall–Kier alpha value is -3.68. The largest absolute Gasteiger partial charge is 0.493 e. The fourth-order valence-electron chi connectivity index (χ4n) is 3.31. The summed E-state index contributed by atoms with van der Waals surface area (Å²) in [7, 11) is 2.79. The lowest BCUT2D eigenvalue weighted by atomic mass is 10.1. The summed E-state index contributed by atoms with van der Waals surface area (Å²) in [5.74, 6) is -0.139. The van der Waals surface area contributed by atoms with E-state index in [-0.39, 0.29) is 12.4 Å². The molecule has 31 heavy (non-hydrogen) atoms. The number of nitrogens with zero attached hydrogens (tertiary/aromatic N) is 3. The Morgan fingerprint density at radius 2 is 1.87 bits per heavy atom. The van der Waals surface area contributed by atoms with Gasteiger partial charge in [-0.05, 0) is 56.5 Å². The molecule has 0 aliphatic carbocycles. The van der Waals surface area contributed by atoms with Crippen LogP contribution in [0.2, 0.25) is 0 Å². The van der Waals surface area contributed by atoms with Gasteiger partial charge in [-0.15, -0.1) is 0 Å². The van der Waals surface area contributed by atoms with Crippen LogP contribution in [0.3, 0.4) is 0 Å². The van der Waals surface area contributed by atoms with Gasteiger partial charge in [0.2, 0.25) is 0 Å². The number of ether oxygens (including phenoxy) is 3. The minimum absolute atomic E-state index is 0.183. The molecule has 1 aromatic carbocycles. The minimum Gasteiger partial charge on any atom is -0.493 e. The van der Waals surface area contributed by atoms with Gasteiger partial charge in [0.1, 0.15) is 0 Å². The van der Waals surface area contributed by atoms with E-state index in [1.165, 1.54) is 20.3 Å². The number of hydrogen-bond donors (Lipinski definition) is 0. The predicted molar refractivity (Wildman–Crippen MR) is 115 cm³/mol. The molecule has 0 amide bonds. The van der Waals surface area contributed by atoms with Gasteiger partial charge in [-0.25, -0.2) is 14.3 Å². The van der Waals surface area contributed by atoms with Crippen molar-refractivity contribution in [1.29, 1.82) is 0 Å². The molecule has 0 aliphatic heterocycles. The highest BCUT2D eigenvalue weighted by Crippen LogP contribution is 2.29. The Balaban J connectivity index is 1.70. The van der Waals surface area contributed by atoms with E-state index < -0.39 is 5.97 Å². The number of esters is 2. The zero-order valence-corrected chi connectivity index (χ0v) is 18.3. The summed E-state index contributed by atoms with van der Waals surface area (Å²) < 4.78 is 17.2.